The second-order valence-electron chi connectivity index (χ2n) is 7.72. The van der Waals surface area contributed by atoms with E-state index in [2.05, 4.69) is 20.6 Å². The van der Waals surface area contributed by atoms with Crippen LogP contribution in [0, 0.1) is 17.7 Å². The number of carbonyl (C=O) groups is 2. The van der Waals surface area contributed by atoms with Crippen molar-refractivity contribution < 1.29 is 14.0 Å². The van der Waals surface area contributed by atoms with Crippen molar-refractivity contribution in [3.63, 3.8) is 0 Å². The fourth-order valence-electron chi connectivity index (χ4n) is 3.34. The summed E-state index contributed by atoms with van der Waals surface area (Å²) < 4.78 is 13.7. The normalized spacial score (nSPS) is 17.2. The number of thiazole rings is 1. The summed E-state index contributed by atoms with van der Waals surface area (Å²) in [7, 11) is 0. The number of benzene rings is 1. The molecule has 2 aromatic heterocycles. The molecule has 8 heteroatoms. The van der Waals surface area contributed by atoms with E-state index < -0.39 is 11.7 Å². The number of aromatic nitrogens is 2. The predicted molar refractivity (Wildman–Crippen MR) is 118 cm³/mol. The molecule has 1 saturated carbocycles. The van der Waals surface area contributed by atoms with Crippen molar-refractivity contribution in [1.29, 1.82) is 0 Å². The maximum atomic E-state index is 13.7. The minimum absolute atomic E-state index is 0.0312. The first-order valence-corrected chi connectivity index (χ1v) is 11.1. The highest BCUT2D eigenvalue weighted by Crippen LogP contribution is 2.38. The van der Waals surface area contributed by atoms with Gasteiger partial charge in [0.25, 0.3) is 5.91 Å². The van der Waals surface area contributed by atoms with Crippen molar-refractivity contribution in [1.82, 2.24) is 15.3 Å². The minimum atomic E-state index is -0.519. The molecule has 1 aliphatic carbocycles. The van der Waals surface area contributed by atoms with Crippen molar-refractivity contribution in [2.24, 2.45) is 11.8 Å². The average molecular weight is 439 g/mol. The molecule has 31 heavy (non-hydrogen) atoms. The van der Waals surface area contributed by atoms with Gasteiger partial charge in [-0.25, -0.2) is 9.37 Å². The third kappa shape index (κ3) is 5.32. The van der Waals surface area contributed by atoms with E-state index in [-0.39, 0.29) is 17.4 Å². The maximum absolute atomic E-state index is 13.7. The van der Waals surface area contributed by atoms with Crippen molar-refractivity contribution >= 4 is 28.8 Å². The highest BCUT2D eigenvalue weighted by Gasteiger charge is 2.39. The lowest BCUT2D eigenvalue weighted by Gasteiger charge is -2.11. The van der Waals surface area contributed by atoms with Gasteiger partial charge in [-0.3, -0.25) is 14.6 Å². The molecule has 1 aromatic carbocycles. The molecule has 6 nitrogen and oxygen atoms in total. The molecule has 0 spiro atoms. The van der Waals surface area contributed by atoms with Crippen LogP contribution in [0.4, 0.5) is 10.1 Å². The maximum Gasteiger partial charge on any atom is 0.253 e. The first-order chi connectivity index (χ1) is 15.0. The Balaban J connectivity index is 1.30. The van der Waals surface area contributed by atoms with Crippen LogP contribution in [0.3, 0.4) is 0 Å². The summed E-state index contributed by atoms with van der Waals surface area (Å²) in [4.78, 5) is 33.5. The Kier molecular flexibility index (Phi) is 6.36. The van der Waals surface area contributed by atoms with Gasteiger partial charge in [0.1, 0.15) is 5.82 Å². The smallest absolute Gasteiger partial charge is 0.253 e. The zero-order valence-corrected chi connectivity index (χ0v) is 17.9. The van der Waals surface area contributed by atoms with Crippen LogP contribution in [0.15, 0.2) is 48.1 Å². The van der Waals surface area contributed by atoms with Crippen LogP contribution < -0.4 is 10.6 Å². The number of nitrogens with one attached hydrogen (secondary N) is 2. The lowest BCUT2D eigenvalue weighted by molar-refractivity contribution is -0.117. The second-order valence-corrected chi connectivity index (χ2v) is 8.66. The predicted octanol–water partition coefficient (Wildman–Crippen LogP) is 4.30. The van der Waals surface area contributed by atoms with Gasteiger partial charge >= 0.3 is 0 Å². The summed E-state index contributed by atoms with van der Waals surface area (Å²) in [5.74, 6) is -0.731. The SMILES string of the molecule is CC1CC1C(=O)Nc1ccc(F)cc1C(=O)NCCCc1nc(-c2ccncc2)cs1. The number of amides is 2. The van der Waals surface area contributed by atoms with Crippen LogP contribution in [0.1, 0.15) is 35.1 Å². The molecule has 1 fully saturated rings. The summed E-state index contributed by atoms with van der Waals surface area (Å²) in [6.07, 6.45) is 5.73. The Labute approximate surface area is 183 Å². The van der Waals surface area contributed by atoms with E-state index in [9.17, 15) is 14.0 Å². The number of aryl methyl sites for hydroxylation is 1. The summed E-state index contributed by atoms with van der Waals surface area (Å²) >= 11 is 1.58. The molecule has 0 saturated heterocycles. The highest BCUT2D eigenvalue weighted by molar-refractivity contribution is 7.09. The Bertz CT molecular complexity index is 1090. The van der Waals surface area contributed by atoms with Crippen LogP contribution in [-0.2, 0) is 11.2 Å². The van der Waals surface area contributed by atoms with Crippen molar-refractivity contribution in [2.45, 2.75) is 26.2 Å². The quantitative estimate of drug-likeness (QED) is 0.514. The molecular formula is C23H23FN4O2S. The van der Waals surface area contributed by atoms with Crippen molar-refractivity contribution in [3.8, 4) is 11.3 Å². The Morgan fingerprint density at radius 1 is 1.23 bits per heavy atom. The third-order valence-corrected chi connectivity index (χ3v) is 6.22. The monoisotopic (exact) mass is 438 g/mol. The van der Waals surface area contributed by atoms with E-state index in [0.29, 0.717) is 24.6 Å². The molecule has 2 atom stereocenters. The lowest BCUT2D eigenvalue weighted by Crippen LogP contribution is -2.27. The number of anilines is 1. The first kappa shape index (κ1) is 21.1. The molecule has 2 heterocycles. The highest BCUT2D eigenvalue weighted by atomic mass is 32.1. The number of rotatable bonds is 8. The molecule has 3 aromatic rings. The summed E-state index contributed by atoms with van der Waals surface area (Å²) in [5.41, 5.74) is 2.41. The van der Waals surface area contributed by atoms with E-state index in [1.54, 1.807) is 23.7 Å². The van der Waals surface area contributed by atoms with Crippen molar-refractivity contribution in [3.05, 3.63) is 64.5 Å². The van der Waals surface area contributed by atoms with Gasteiger partial charge in [0, 0.05) is 42.2 Å². The summed E-state index contributed by atoms with van der Waals surface area (Å²) in [6, 6.07) is 7.66. The van der Waals surface area contributed by atoms with Gasteiger partial charge in [-0.2, -0.15) is 0 Å². The number of hydrogen-bond donors (Lipinski definition) is 2. The number of carbonyl (C=O) groups excluding carboxylic acids is 2. The minimum Gasteiger partial charge on any atom is -0.352 e. The number of nitrogens with zero attached hydrogens (tertiary/aromatic N) is 2. The Hall–Kier alpha value is -3.13. The standard InChI is InChI=1S/C23H23FN4O2S/c1-14-11-17(14)23(30)28-19-5-4-16(24)12-18(19)22(29)26-8-2-3-21-27-20(13-31-21)15-6-9-25-10-7-15/h4-7,9-10,12-14,17H,2-3,8,11H2,1H3,(H,26,29)(H,28,30). The molecule has 0 radical (unpaired) electrons. The van der Waals surface area contributed by atoms with Gasteiger partial charge in [0.05, 0.1) is 22.0 Å². The Morgan fingerprint density at radius 3 is 2.74 bits per heavy atom. The number of halogens is 1. The molecule has 1 aliphatic rings. The van der Waals surface area contributed by atoms with Crippen LogP contribution in [0.5, 0.6) is 0 Å². The zero-order valence-electron chi connectivity index (χ0n) is 17.1. The third-order valence-electron chi connectivity index (χ3n) is 5.31. The van der Waals surface area contributed by atoms with E-state index in [4.69, 9.17) is 0 Å². The molecule has 2 amide bonds. The second kappa shape index (κ2) is 9.34. The van der Waals surface area contributed by atoms with E-state index >= 15 is 0 Å². The van der Waals surface area contributed by atoms with E-state index in [1.807, 2.05) is 24.4 Å². The van der Waals surface area contributed by atoms with Gasteiger partial charge < -0.3 is 10.6 Å². The number of hydrogen-bond acceptors (Lipinski definition) is 5. The summed E-state index contributed by atoms with van der Waals surface area (Å²) in [6.45, 7) is 2.43. The van der Waals surface area contributed by atoms with E-state index in [1.165, 1.54) is 12.1 Å². The lowest BCUT2D eigenvalue weighted by atomic mass is 10.1. The topological polar surface area (TPSA) is 84.0 Å². The molecule has 0 bridgehead atoms. The molecule has 2 N–H and O–H groups in total. The van der Waals surface area contributed by atoms with Gasteiger partial charge in [0.2, 0.25) is 5.91 Å². The van der Waals surface area contributed by atoms with Crippen LogP contribution in [0.2, 0.25) is 0 Å². The van der Waals surface area contributed by atoms with Crippen LogP contribution in [-0.4, -0.2) is 28.3 Å². The molecule has 0 aliphatic heterocycles. The van der Waals surface area contributed by atoms with Crippen LogP contribution in [0.25, 0.3) is 11.3 Å². The van der Waals surface area contributed by atoms with Crippen molar-refractivity contribution in [2.75, 3.05) is 11.9 Å². The molecule has 2 unspecified atom stereocenters. The van der Waals surface area contributed by atoms with Gasteiger partial charge in [-0.15, -0.1) is 11.3 Å². The average Bonchev–Trinajstić information content (AvgIpc) is 3.32. The van der Waals surface area contributed by atoms with E-state index in [0.717, 1.165) is 35.2 Å². The summed E-state index contributed by atoms with van der Waals surface area (Å²) in [5, 5.41) is 8.57. The van der Waals surface area contributed by atoms with Gasteiger partial charge in [-0.05, 0) is 49.1 Å². The largest absolute Gasteiger partial charge is 0.352 e. The van der Waals surface area contributed by atoms with Crippen LogP contribution >= 0.6 is 11.3 Å². The fraction of sp³-hybridized carbons (Fsp3) is 0.304. The van der Waals surface area contributed by atoms with Gasteiger partial charge in [-0.1, -0.05) is 6.92 Å². The zero-order chi connectivity index (χ0) is 21.8. The first-order valence-electron chi connectivity index (χ1n) is 10.2. The molecule has 4 rings (SSSR count). The van der Waals surface area contributed by atoms with Gasteiger partial charge in [0.15, 0.2) is 0 Å². The molecular weight excluding hydrogens is 415 g/mol. The Morgan fingerprint density at radius 2 is 2.00 bits per heavy atom. The molecule has 160 valence electrons. The number of pyridine rings is 1. The fourth-order valence-corrected chi connectivity index (χ4v) is 4.19.